The lowest BCUT2D eigenvalue weighted by molar-refractivity contribution is -0.242. The van der Waals surface area contributed by atoms with E-state index in [1.54, 1.807) is 0 Å². The zero-order chi connectivity index (χ0) is 9.30. The highest BCUT2D eigenvalue weighted by atomic mass is 16.6. The van der Waals surface area contributed by atoms with Crippen molar-refractivity contribution in [3.63, 3.8) is 0 Å². The maximum absolute atomic E-state index is 9.44. The smallest absolute Gasteiger partial charge is 0.157 e. The van der Waals surface area contributed by atoms with Gasteiger partial charge in [-0.25, -0.2) is 0 Å². The predicted molar refractivity (Wildman–Crippen MR) is 42.3 cm³/mol. The van der Waals surface area contributed by atoms with Gasteiger partial charge in [-0.15, -0.1) is 0 Å². The van der Waals surface area contributed by atoms with Crippen molar-refractivity contribution >= 4 is 0 Å². The molecule has 1 rings (SSSR count). The van der Waals surface area contributed by atoms with Gasteiger partial charge in [-0.2, -0.15) is 0 Å². The highest BCUT2D eigenvalue weighted by molar-refractivity contribution is 4.83. The number of ether oxygens (including phenoxy) is 1. The fourth-order valence-corrected chi connectivity index (χ4v) is 1.43. The minimum Gasteiger partial charge on any atom is -0.390 e. The van der Waals surface area contributed by atoms with E-state index in [1.165, 1.54) is 0 Å². The van der Waals surface area contributed by atoms with Gasteiger partial charge in [0, 0.05) is 6.42 Å². The Bertz CT molecular complexity index is 148. The molecule has 1 aliphatic heterocycles. The maximum atomic E-state index is 9.44. The van der Waals surface area contributed by atoms with E-state index in [-0.39, 0.29) is 12.3 Å². The summed E-state index contributed by atoms with van der Waals surface area (Å²) in [4.78, 5) is 0. The molecule has 0 radical (unpaired) electrons. The molecule has 0 saturated carbocycles. The Labute approximate surface area is 71.8 Å². The first kappa shape index (κ1) is 9.92. The maximum Gasteiger partial charge on any atom is 0.157 e. The number of hydrogen-bond donors (Lipinski definition) is 3. The normalized spacial score (nSPS) is 43.5. The third-order valence-electron chi connectivity index (χ3n) is 2.15. The Morgan fingerprint density at radius 2 is 1.83 bits per heavy atom. The van der Waals surface area contributed by atoms with Crippen molar-refractivity contribution in [3.8, 4) is 0 Å². The van der Waals surface area contributed by atoms with Crippen LogP contribution < -0.4 is 0 Å². The summed E-state index contributed by atoms with van der Waals surface area (Å²) in [6, 6.07) is 0. The SMILES string of the molecule is CC(C)[C@H]1O[C@@H](O)C[C@@H](O)[C@@H]1O. The fourth-order valence-electron chi connectivity index (χ4n) is 1.43. The van der Waals surface area contributed by atoms with Crippen LogP contribution in [0.15, 0.2) is 0 Å². The highest BCUT2D eigenvalue weighted by Crippen LogP contribution is 2.23. The first-order chi connectivity index (χ1) is 5.52. The molecular formula is C8H16O4. The van der Waals surface area contributed by atoms with Crippen LogP contribution in [0.2, 0.25) is 0 Å². The van der Waals surface area contributed by atoms with Crippen LogP contribution >= 0.6 is 0 Å². The molecule has 72 valence electrons. The largest absolute Gasteiger partial charge is 0.390 e. The Morgan fingerprint density at radius 1 is 1.25 bits per heavy atom. The van der Waals surface area contributed by atoms with E-state index >= 15 is 0 Å². The molecule has 1 aliphatic rings. The summed E-state index contributed by atoms with van der Waals surface area (Å²) in [6.07, 6.45) is -3.08. The van der Waals surface area contributed by atoms with Crippen molar-refractivity contribution in [1.29, 1.82) is 0 Å². The molecule has 0 amide bonds. The van der Waals surface area contributed by atoms with Crippen LogP contribution in [-0.4, -0.2) is 39.9 Å². The Kier molecular flexibility index (Phi) is 3.06. The molecule has 1 heterocycles. The summed E-state index contributed by atoms with van der Waals surface area (Å²) < 4.78 is 5.08. The monoisotopic (exact) mass is 176 g/mol. The van der Waals surface area contributed by atoms with Crippen molar-refractivity contribution in [2.75, 3.05) is 0 Å². The van der Waals surface area contributed by atoms with Crippen LogP contribution in [0.3, 0.4) is 0 Å². The lowest BCUT2D eigenvalue weighted by atomic mass is 9.93. The molecule has 0 aromatic rings. The molecular weight excluding hydrogens is 160 g/mol. The molecule has 0 bridgehead atoms. The lowest BCUT2D eigenvalue weighted by Crippen LogP contribution is -2.50. The number of aliphatic hydroxyl groups excluding tert-OH is 3. The quantitative estimate of drug-likeness (QED) is 0.502. The van der Waals surface area contributed by atoms with Gasteiger partial charge >= 0.3 is 0 Å². The fraction of sp³-hybridized carbons (Fsp3) is 1.00. The Morgan fingerprint density at radius 3 is 2.33 bits per heavy atom. The average molecular weight is 176 g/mol. The Hall–Kier alpha value is -0.160. The zero-order valence-electron chi connectivity index (χ0n) is 7.34. The van der Waals surface area contributed by atoms with Crippen LogP contribution in [0.4, 0.5) is 0 Å². The number of aliphatic hydroxyl groups is 3. The molecule has 4 heteroatoms. The van der Waals surface area contributed by atoms with Gasteiger partial charge in [0.05, 0.1) is 12.2 Å². The molecule has 4 nitrogen and oxygen atoms in total. The Balaban J connectivity index is 2.60. The van der Waals surface area contributed by atoms with Crippen molar-refractivity contribution in [2.45, 2.75) is 44.9 Å². The van der Waals surface area contributed by atoms with Gasteiger partial charge in [-0.05, 0) is 5.92 Å². The van der Waals surface area contributed by atoms with Gasteiger partial charge in [-0.1, -0.05) is 13.8 Å². The molecule has 1 saturated heterocycles. The molecule has 4 atom stereocenters. The highest BCUT2D eigenvalue weighted by Gasteiger charge is 2.37. The standard InChI is InChI=1S/C8H16O4/c1-4(2)8-7(11)5(9)3-6(10)12-8/h4-11H,3H2,1-2H3/t5-,6-,7+,8-/m1/s1. The van der Waals surface area contributed by atoms with Gasteiger partial charge in [0.25, 0.3) is 0 Å². The summed E-state index contributed by atoms with van der Waals surface area (Å²) >= 11 is 0. The second-order valence-corrected chi connectivity index (χ2v) is 3.59. The minimum absolute atomic E-state index is 0.0876. The first-order valence-electron chi connectivity index (χ1n) is 4.22. The van der Waals surface area contributed by atoms with E-state index in [2.05, 4.69) is 0 Å². The van der Waals surface area contributed by atoms with Crippen molar-refractivity contribution in [3.05, 3.63) is 0 Å². The molecule has 12 heavy (non-hydrogen) atoms. The van der Waals surface area contributed by atoms with Crippen molar-refractivity contribution in [1.82, 2.24) is 0 Å². The summed E-state index contributed by atoms with van der Waals surface area (Å²) in [5.41, 5.74) is 0. The number of rotatable bonds is 1. The topological polar surface area (TPSA) is 69.9 Å². The van der Waals surface area contributed by atoms with Crippen LogP contribution in [-0.2, 0) is 4.74 Å². The van der Waals surface area contributed by atoms with Crippen LogP contribution in [0.25, 0.3) is 0 Å². The van der Waals surface area contributed by atoms with Crippen LogP contribution in [0.5, 0.6) is 0 Å². The molecule has 0 unspecified atom stereocenters. The van der Waals surface area contributed by atoms with Crippen molar-refractivity contribution < 1.29 is 20.1 Å². The third-order valence-corrected chi connectivity index (χ3v) is 2.15. The second kappa shape index (κ2) is 3.70. The summed E-state index contributed by atoms with van der Waals surface area (Å²) in [7, 11) is 0. The predicted octanol–water partition coefficient (Wildman–Crippen LogP) is -0.528. The van der Waals surface area contributed by atoms with E-state index in [0.717, 1.165) is 0 Å². The van der Waals surface area contributed by atoms with Crippen LogP contribution in [0, 0.1) is 5.92 Å². The van der Waals surface area contributed by atoms with Gasteiger partial charge in [0.15, 0.2) is 6.29 Å². The zero-order valence-corrected chi connectivity index (χ0v) is 7.34. The molecule has 3 N–H and O–H groups in total. The van der Waals surface area contributed by atoms with Crippen molar-refractivity contribution in [2.24, 2.45) is 5.92 Å². The molecule has 0 aromatic carbocycles. The van der Waals surface area contributed by atoms with Gasteiger partial charge in [0.1, 0.15) is 6.10 Å². The molecule has 1 fully saturated rings. The minimum atomic E-state index is -0.948. The third kappa shape index (κ3) is 1.95. The van der Waals surface area contributed by atoms with E-state index in [9.17, 15) is 10.2 Å². The van der Waals surface area contributed by atoms with Gasteiger partial charge in [-0.3, -0.25) is 0 Å². The van der Waals surface area contributed by atoms with E-state index in [0.29, 0.717) is 0 Å². The lowest BCUT2D eigenvalue weighted by Gasteiger charge is -2.36. The first-order valence-corrected chi connectivity index (χ1v) is 4.22. The molecule has 0 spiro atoms. The van der Waals surface area contributed by atoms with E-state index in [1.807, 2.05) is 13.8 Å². The summed E-state index contributed by atoms with van der Waals surface area (Å²) in [5.74, 6) is 0.0876. The van der Waals surface area contributed by atoms with E-state index < -0.39 is 24.6 Å². The van der Waals surface area contributed by atoms with Crippen LogP contribution in [0.1, 0.15) is 20.3 Å². The average Bonchev–Trinajstić information content (AvgIpc) is 1.96. The van der Waals surface area contributed by atoms with Gasteiger partial charge in [0.2, 0.25) is 0 Å². The molecule has 0 aliphatic carbocycles. The second-order valence-electron chi connectivity index (χ2n) is 3.59. The molecule has 0 aromatic heterocycles. The van der Waals surface area contributed by atoms with Gasteiger partial charge < -0.3 is 20.1 Å². The van der Waals surface area contributed by atoms with E-state index in [4.69, 9.17) is 9.84 Å². The summed E-state index contributed by atoms with van der Waals surface area (Å²) in [5, 5.41) is 27.8. The number of hydrogen-bond acceptors (Lipinski definition) is 4. The summed E-state index contributed by atoms with van der Waals surface area (Å²) in [6.45, 7) is 3.75.